The molecule has 6 heteroatoms. The van der Waals surface area contributed by atoms with Gasteiger partial charge in [0.15, 0.2) is 0 Å². The van der Waals surface area contributed by atoms with Gasteiger partial charge in [0.25, 0.3) is 0 Å². The average Bonchev–Trinajstić information content (AvgIpc) is 3.07. The van der Waals surface area contributed by atoms with Crippen molar-refractivity contribution in [1.82, 2.24) is 4.90 Å². The van der Waals surface area contributed by atoms with Gasteiger partial charge in [-0.1, -0.05) is 18.2 Å². The fourth-order valence-electron chi connectivity index (χ4n) is 3.20. The molecule has 1 unspecified atom stereocenters. The molecule has 1 fully saturated rings. The van der Waals surface area contributed by atoms with Gasteiger partial charge >= 0.3 is 0 Å². The zero-order chi connectivity index (χ0) is 19.2. The maximum Gasteiger partial charge on any atom is 0.229 e. The topological polar surface area (TPSA) is 67.9 Å². The number of likely N-dealkylation sites (tertiary alicyclic amines) is 1. The Labute approximate surface area is 159 Å². The number of carbonyl (C=O) groups is 2. The second-order valence-corrected chi connectivity index (χ2v) is 6.56. The van der Waals surface area contributed by atoms with Crippen LogP contribution in [0.25, 0.3) is 0 Å². The number of rotatable bonds is 7. The van der Waals surface area contributed by atoms with Gasteiger partial charge in [-0.2, -0.15) is 0 Å². The molecule has 0 bridgehead atoms. The lowest BCUT2D eigenvalue weighted by Crippen LogP contribution is -2.30. The van der Waals surface area contributed by atoms with E-state index in [0.29, 0.717) is 24.5 Å². The largest absolute Gasteiger partial charge is 0.497 e. The predicted octanol–water partition coefficient (Wildman–Crippen LogP) is 2.73. The Morgan fingerprint density at radius 1 is 1.11 bits per heavy atom. The molecule has 2 aromatic carbocycles. The molecule has 0 spiro atoms. The highest BCUT2D eigenvalue weighted by molar-refractivity contribution is 5.97. The molecular weight excluding hydrogens is 344 g/mol. The first-order valence-corrected chi connectivity index (χ1v) is 8.94. The monoisotopic (exact) mass is 368 g/mol. The quantitative estimate of drug-likeness (QED) is 0.816. The number of hydrogen-bond donors (Lipinski definition) is 1. The molecule has 6 nitrogen and oxygen atoms in total. The van der Waals surface area contributed by atoms with E-state index >= 15 is 0 Å². The smallest absolute Gasteiger partial charge is 0.229 e. The van der Waals surface area contributed by atoms with E-state index in [-0.39, 0.29) is 24.2 Å². The SMILES string of the molecule is COc1cccc(CCN2CC(C(=O)Nc3cccc(OC)c3)CC2=O)c1. The van der Waals surface area contributed by atoms with Crippen molar-refractivity contribution < 1.29 is 19.1 Å². The first-order chi connectivity index (χ1) is 13.1. The van der Waals surface area contributed by atoms with Crippen LogP contribution in [0.1, 0.15) is 12.0 Å². The summed E-state index contributed by atoms with van der Waals surface area (Å²) >= 11 is 0. The van der Waals surface area contributed by atoms with Crippen LogP contribution < -0.4 is 14.8 Å². The van der Waals surface area contributed by atoms with Crippen molar-refractivity contribution in [3.63, 3.8) is 0 Å². The van der Waals surface area contributed by atoms with Crippen molar-refractivity contribution >= 4 is 17.5 Å². The van der Waals surface area contributed by atoms with Crippen molar-refractivity contribution in [2.75, 3.05) is 32.6 Å². The Kier molecular flexibility index (Phi) is 5.96. The molecule has 0 radical (unpaired) electrons. The number of nitrogens with one attached hydrogen (secondary N) is 1. The molecule has 3 rings (SSSR count). The molecule has 1 atom stereocenters. The van der Waals surface area contributed by atoms with E-state index in [1.54, 1.807) is 31.3 Å². The molecular formula is C21H24N2O4. The third kappa shape index (κ3) is 4.78. The van der Waals surface area contributed by atoms with E-state index < -0.39 is 0 Å². The summed E-state index contributed by atoms with van der Waals surface area (Å²) in [4.78, 5) is 26.6. The molecule has 2 amide bonds. The molecule has 1 aliphatic rings. The third-order valence-electron chi connectivity index (χ3n) is 4.73. The van der Waals surface area contributed by atoms with E-state index in [2.05, 4.69) is 5.32 Å². The first kappa shape index (κ1) is 18.8. The van der Waals surface area contributed by atoms with Gasteiger partial charge in [-0.3, -0.25) is 9.59 Å². The number of methoxy groups -OCH3 is 2. The van der Waals surface area contributed by atoms with Crippen molar-refractivity contribution in [1.29, 1.82) is 0 Å². The number of benzene rings is 2. The number of ether oxygens (including phenoxy) is 2. The van der Waals surface area contributed by atoms with E-state index in [0.717, 1.165) is 17.7 Å². The van der Waals surface area contributed by atoms with Crippen LogP contribution in [0.2, 0.25) is 0 Å². The Hall–Kier alpha value is -3.02. The van der Waals surface area contributed by atoms with Crippen LogP contribution in [0.3, 0.4) is 0 Å². The minimum absolute atomic E-state index is 0.0173. The van der Waals surface area contributed by atoms with Crippen LogP contribution >= 0.6 is 0 Å². The highest BCUT2D eigenvalue weighted by Crippen LogP contribution is 2.22. The van der Waals surface area contributed by atoms with Gasteiger partial charge in [-0.05, 0) is 36.2 Å². The van der Waals surface area contributed by atoms with Crippen molar-refractivity contribution in [3.8, 4) is 11.5 Å². The van der Waals surface area contributed by atoms with E-state index in [1.807, 2.05) is 36.4 Å². The maximum absolute atomic E-state index is 12.5. The van der Waals surface area contributed by atoms with Crippen LogP contribution in [-0.2, 0) is 16.0 Å². The molecule has 0 saturated carbocycles. The molecule has 1 N–H and O–H groups in total. The fourth-order valence-corrected chi connectivity index (χ4v) is 3.20. The van der Waals surface area contributed by atoms with Gasteiger partial charge in [-0.25, -0.2) is 0 Å². The van der Waals surface area contributed by atoms with Crippen LogP contribution in [0, 0.1) is 5.92 Å². The molecule has 142 valence electrons. The van der Waals surface area contributed by atoms with Gasteiger partial charge in [0.2, 0.25) is 11.8 Å². The second-order valence-electron chi connectivity index (χ2n) is 6.56. The molecule has 1 heterocycles. The molecule has 27 heavy (non-hydrogen) atoms. The zero-order valence-electron chi connectivity index (χ0n) is 15.6. The highest BCUT2D eigenvalue weighted by atomic mass is 16.5. The summed E-state index contributed by atoms with van der Waals surface area (Å²) in [7, 11) is 3.21. The lowest BCUT2D eigenvalue weighted by Gasteiger charge is -2.17. The molecule has 1 aliphatic heterocycles. The van der Waals surface area contributed by atoms with Crippen LogP contribution in [0.4, 0.5) is 5.69 Å². The Morgan fingerprint density at radius 2 is 1.81 bits per heavy atom. The van der Waals surface area contributed by atoms with Gasteiger partial charge in [-0.15, -0.1) is 0 Å². The lowest BCUT2D eigenvalue weighted by molar-refractivity contribution is -0.128. The summed E-state index contributed by atoms with van der Waals surface area (Å²) < 4.78 is 10.4. The normalized spacial score (nSPS) is 16.3. The fraction of sp³-hybridized carbons (Fsp3) is 0.333. The Balaban J connectivity index is 1.55. The number of nitrogens with zero attached hydrogens (tertiary/aromatic N) is 1. The Morgan fingerprint density at radius 3 is 2.56 bits per heavy atom. The van der Waals surface area contributed by atoms with Gasteiger partial charge in [0.05, 0.1) is 20.1 Å². The van der Waals surface area contributed by atoms with Crippen LogP contribution in [-0.4, -0.2) is 44.0 Å². The first-order valence-electron chi connectivity index (χ1n) is 8.94. The average molecular weight is 368 g/mol. The van der Waals surface area contributed by atoms with Crippen LogP contribution in [0.15, 0.2) is 48.5 Å². The van der Waals surface area contributed by atoms with Gasteiger partial charge in [0.1, 0.15) is 11.5 Å². The van der Waals surface area contributed by atoms with Crippen molar-refractivity contribution in [3.05, 3.63) is 54.1 Å². The minimum Gasteiger partial charge on any atom is -0.497 e. The van der Waals surface area contributed by atoms with E-state index in [9.17, 15) is 9.59 Å². The lowest BCUT2D eigenvalue weighted by atomic mass is 10.1. The number of carbonyl (C=O) groups excluding carboxylic acids is 2. The van der Waals surface area contributed by atoms with Gasteiger partial charge < -0.3 is 19.7 Å². The molecule has 2 aromatic rings. The van der Waals surface area contributed by atoms with Gasteiger partial charge in [0, 0.05) is 31.3 Å². The Bertz CT molecular complexity index is 821. The van der Waals surface area contributed by atoms with E-state index in [1.165, 1.54) is 0 Å². The second kappa shape index (κ2) is 8.58. The molecule has 0 aliphatic carbocycles. The summed E-state index contributed by atoms with van der Waals surface area (Å²) in [6, 6.07) is 15.0. The third-order valence-corrected chi connectivity index (χ3v) is 4.73. The number of anilines is 1. The van der Waals surface area contributed by atoms with Crippen LogP contribution in [0.5, 0.6) is 11.5 Å². The minimum atomic E-state index is -0.339. The van der Waals surface area contributed by atoms with E-state index in [4.69, 9.17) is 9.47 Å². The number of amides is 2. The molecule has 1 saturated heterocycles. The van der Waals surface area contributed by atoms with Crippen molar-refractivity contribution in [2.24, 2.45) is 5.92 Å². The molecule has 0 aromatic heterocycles. The summed E-state index contributed by atoms with van der Waals surface area (Å²) in [6.07, 6.45) is 0.973. The summed E-state index contributed by atoms with van der Waals surface area (Å²) in [5, 5.41) is 2.87. The standard InChI is InChI=1S/C21H24N2O4/c1-26-18-7-3-5-15(11-18)9-10-23-14-16(12-20(23)24)21(25)22-17-6-4-8-19(13-17)27-2/h3-8,11,13,16H,9-10,12,14H2,1-2H3,(H,22,25). The highest BCUT2D eigenvalue weighted by Gasteiger charge is 2.34. The number of hydrogen-bond acceptors (Lipinski definition) is 4. The predicted molar refractivity (Wildman–Crippen MR) is 103 cm³/mol. The maximum atomic E-state index is 12.5. The summed E-state index contributed by atoms with van der Waals surface area (Å²) in [6.45, 7) is 1.04. The summed E-state index contributed by atoms with van der Waals surface area (Å²) in [5.41, 5.74) is 1.77. The van der Waals surface area contributed by atoms with Crippen molar-refractivity contribution in [2.45, 2.75) is 12.8 Å². The summed E-state index contributed by atoms with van der Waals surface area (Å²) in [5.74, 6) is 1.02. The zero-order valence-corrected chi connectivity index (χ0v) is 15.6.